The Kier molecular flexibility index (Phi) is 9.63. The fourth-order valence-corrected chi connectivity index (χ4v) is 4.25. The van der Waals surface area contributed by atoms with Crippen LogP contribution in [-0.4, -0.2) is 62.6 Å². The Morgan fingerprint density at radius 1 is 1.21 bits per heavy atom. The lowest BCUT2D eigenvalue weighted by atomic mass is 9.95. The zero-order chi connectivity index (χ0) is 28.0. The molecule has 1 aliphatic rings. The SMILES string of the molecule is CC(C)(C)C(=O)N[C@@H](CNC(=O)c1ccc(Cl)s1)C(=O)Nc1ccc(N2CCOCC2=O)cc1OC(F)F. The van der Waals surface area contributed by atoms with E-state index in [1.807, 2.05) is 0 Å². The normalized spacial score (nSPS) is 14.7. The highest BCUT2D eigenvalue weighted by Gasteiger charge is 2.29. The minimum atomic E-state index is -3.21. The van der Waals surface area contributed by atoms with E-state index in [4.69, 9.17) is 16.3 Å². The van der Waals surface area contributed by atoms with Crippen LogP contribution in [0.25, 0.3) is 0 Å². The largest absolute Gasteiger partial charge is 0.433 e. The highest BCUT2D eigenvalue weighted by Crippen LogP contribution is 2.32. The number of nitrogens with one attached hydrogen (secondary N) is 3. The van der Waals surface area contributed by atoms with Crippen molar-refractivity contribution in [1.82, 2.24) is 10.6 Å². The van der Waals surface area contributed by atoms with Crippen LogP contribution in [0.15, 0.2) is 30.3 Å². The van der Waals surface area contributed by atoms with Gasteiger partial charge in [0.15, 0.2) is 5.75 Å². The second-order valence-corrected chi connectivity index (χ2v) is 11.0. The number of carbonyl (C=O) groups is 4. The predicted octanol–water partition coefficient (Wildman–Crippen LogP) is 3.27. The Labute approximate surface area is 226 Å². The highest BCUT2D eigenvalue weighted by atomic mass is 35.5. The molecule has 0 spiro atoms. The Balaban J connectivity index is 1.82. The lowest BCUT2D eigenvalue weighted by Gasteiger charge is -2.28. The average molecular weight is 573 g/mol. The maximum absolute atomic E-state index is 13.2. The number of anilines is 2. The molecule has 0 aliphatic carbocycles. The summed E-state index contributed by atoms with van der Waals surface area (Å²) < 4.78 is 36.4. The number of hydrogen-bond donors (Lipinski definition) is 3. The van der Waals surface area contributed by atoms with Crippen LogP contribution in [0.3, 0.4) is 0 Å². The molecule has 0 unspecified atom stereocenters. The fourth-order valence-electron chi connectivity index (χ4n) is 3.29. The number of carbonyl (C=O) groups excluding carboxylic acids is 4. The van der Waals surface area contributed by atoms with E-state index in [2.05, 4.69) is 20.7 Å². The van der Waals surface area contributed by atoms with Crippen molar-refractivity contribution in [2.24, 2.45) is 5.41 Å². The number of nitrogens with zero attached hydrogens (tertiary/aromatic N) is 1. The van der Waals surface area contributed by atoms with E-state index in [1.165, 1.54) is 29.2 Å². The van der Waals surface area contributed by atoms with E-state index < -0.39 is 35.8 Å². The van der Waals surface area contributed by atoms with Crippen LogP contribution in [0.1, 0.15) is 30.4 Å². The van der Waals surface area contributed by atoms with E-state index in [0.29, 0.717) is 9.21 Å². The molecule has 4 amide bonds. The first-order valence-electron chi connectivity index (χ1n) is 11.5. The quantitative estimate of drug-likeness (QED) is 0.423. The molecule has 206 valence electrons. The van der Waals surface area contributed by atoms with Gasteiger partial charge in [0.25, 0.3) is 11.8 Å². The number of thiophene rings is 1. The van der Waals surface area contributed by atoms with Gasteiger partial charge in [-0.1, -0.05) is 32.4 Å². The van der Waals surface area contributed by atoms with Crippen molar-refractivity contribution in [1.29, 1.82) is 0 Å². The zero-order valence-electron chi connectivity index (χ0n) is 20.8. The van der Waals surface area contributed by atoms with Gasteiger partial charge in [0, 0.05) is 30.3 Å². The third-order valence-electron chi connectivity index (χ3n) is 5.30. The molecule has 1 atom stereocenters. The molecule has 1 aliphatic heterocycles. The number of rotatable bonds is 9. The molecular weight excluding hydrogens is 546 g/mol. The van der Waals surface area contributed by atoms with E-state index in [9.17, 15) is 28.0 Å². The molecule has 0 saturated carbocycles. The molecule has 0 radical (unpaired) electrons. The smallest absolute Gasteiger partial charge is 0.387 e. The number of ether oxygens (including phenoxy) is 2. The molecule has 2 aromatic rings. The molecule has 2 heterocycles. The van der Waals surface area contributed by atoms with Crippen molar-refractivity contribution in [2.45, 2.75) is 33.4 Å². The van der Waals surface area contributed by atoms with Crippen molar-refractivity contribution >= 4 is 57.9 Å². The third kappa shape index (κ3) is 7.85. The number of hydrogen-bond acceptors (Lipinski definition) is 7. The number of halogens is 3. The van der Waals surface area contributed by atoms with Gasteiger partial charge in [0.1, 0.15) is 12.6 Å². The fraction of sp³-hybridized carbons (Fsp3) is 0.417. The van der Waals surface area contributed by atoms with E-state index in [1.54, 1.807) is 26.8 Å². The maximum Gasteiger partial charge on any atom is 0.387 e. The molecule has 1 aromatic heterocycles. The second kappa shape index (κ2) is 12.5. The standard InChI is InChI=1S/C24H27ClF2N4O6S/c1-24(2,3)22(35)30-15(11-28-21(34)17-6-7-18(25)38-17)20(33)29-14-5-4-13(10-16(14)37-23(26)27)31-8-9-36-12-19(31)32/h4-7,10,15,23H,8-9,11-12H2,1-3H3,(H,28,34)(H,29,33)(H,30,35)/t15-/m0/s1. The lowest BCUT2D eigenvalue weighted by molar-refractivity contribution is -0.132. The summed E-state index contributed by atoms with van der Waals surface area (Å²) in [6.45, 7) is 1.75. The summed E-state index contributed by atoms with van der Waals surface area (Å²) in [6.07, 6.45) is 0. The van der Waals surface area contributed by atoms with Gasteiger partial charge >= 0.3 is 6.61 Å². The minimum Gasteiger partial charge on any atom is -0.433 e. The molecule has 0 bridgehead atoms. The first-order valence-corrected chi connectivity index (χ1v) is 12.7. The van der Waals surface area contributed by atoms with Gasteiger partial charge in [-0.3, -0.25) is 19.2 Å². The molecule has 38 heavy (non-hydrogen) atoms. The highest BCUT2D eigenvalue weighted by molar-refractivity contribution is 7.18. The molecule has 3 rings (SSSR count). The van der Waals surface area contributed by atoms with Gasteiger partial charge in [0.2, 0.25) is 11.8 Å². The first kappa shape index (κ1) is 29.3. The Hall–Kier alpha value is -3.29. The second-order valence-electron chi connectivity index (χ2n) is 9.24. The Morgan fingerprint density at radius 3 is 2.55 bits per heavy atom. The topological polar surface area (TPSA) is 126 Å². The number of amides is 4. The predicted molar refractivity (Wildman–Crippen MR) is 138 cm³/mol. The summed E-state index contributed by atoms with van der Waals surface area (Å²) in [5.74, 6) is -2.52. The number of morpholine rings is 1. The molecule has 10 nitrogen and oxygen atoms in total. The van der Waals surface area contributed by atoms with Crippen molar-refractivity contribution in [3.63, 3.8) is 0 Å². The van der Waals surface area contributed by atoms with Gasteiger partial charge in [-0.15, -0.1) is 11.3 Å². The van der Waals surface area contributed by atoms with E-state index in [0.717, 1.165) is 11.3 Å². The summed E-state index contributed by atoms with van der Waals surface area (Å²) in [5, 5.41) is 7.62. The van der Waals surface area contributed by atoms with Crippen LogP contribution in [0.4, 0.5) is 20.2 Å². The van der Waals surface area contributed by atoms with Gasteiger partial charge in [-0.25, -0.2) is 0 Å². The monoisotopic (exact) mass is 572 g/mol. The first-order chi connectivity index (χ1) is 17.8. The molecular formula is C24H27ClF2N4O6S. The summed E-state index contributed by atoms with van der Waals surface area (Å²) in [6, 6.07) is 5.77. The summed E-state index contributed by atoms with van der Waals surface area (Å²) in [7, 11) is 0. The van der Waals surface area contributed by atoms with Gasteiger partial charge in [0.05, 0.1) is 21.5 Å². The van der Waals surface area contributed by atoms with Crippen molar-refractivity contribution in [3.05, 3.63) is 39.5 Å². The van der Waals surface area contributed by atoms with Crippen LogP contribution >= 0.6 is 22.9 Å². The average Bonchev–Trinajstić information content (AvgIpc) is 3.28. The van der Waals surface area contributed by atoms with Crippen LogP contribution in [0.2, 0.25) is 4.34 Å². The van der Waals surface area contributed by atoms with Crippen LogP contribution in [0, 0.1) is 5.41 Å². The van der Waals surface area contributed by atoms with Gasteiger partial charge in [-0.05, 0) is 24.3 Å². The lowest BCUT2D eigenvalue weighted by Crippen LogP contribution is -2.53. The molecule has 1 aromatic carbocycles. The van der Waals surface area contributed by atoms with Gasteiger partial charge in [-0.2, -0.15) is 8.78 Å². The molecule has 1 saturated heterocycles. The van der Waals surface area contributed by atoms with Crippen LogP contribution < -0.4 is 25.6 Å². The van der Waals surface area contributed by atoms with Gasteiger partial charge < -0.3 is 30.3 Å². The molecule has 3 N–H and O–H groups in total. The zero-order valence-corrected chi connectivity index (χ0v) is 22.4. The van der Waals surface area contributed by atoms with E-state index in [-0.39, 0.29) is 49.3 Å². The number of benzene rings is 1. The number of alkyl halides is 2. The maximum atomic E-state index is 13.2. The van der Waals surface area contributed by atoms with Crippen molar-refractivity contribution in [3.8, 4) is 5.75 Å². The Bertz CT molecular complexity index is 1200. The van der Waals surface area contributed by atoms with E-state index >= 15 is 0 Å². The molecule has 1 fully saturated rings. The summed E-state index contributed by atoms with van der Waals surface area (Å²) in [5.41, 5.74) is -0.697. The van der Waals surface area contributed by atoms with Crippen molar-refractivity contribution in [2.75, 3.05) is 36.5 Å². The summed E-state index contributed by atoms with van der Waals surface area (Å²) in [4.78, 5) is 52.1. The Morgan fingerprint density at radius 2 is 1.95 bits per heavy atom. The molecule has 14 heteroatoms. The van der Waals surface area contributed by atoms with Crippen LogP contribution in [-0.2, 0) is 19.1 Å². The van der Waals surface area contributed by atoms with Crippen LogP contribution in [0.5, 0.6) is 5.75 Å². The third-order valence-corrected chi connectivity index (χ3v) is 6.53. The summed E-state index contributed by atoms with van der Waals surface area (Å²) >= 11 is 6.91. The van der Waals surface area contributed by atoms with Crippen molar-refractivity contribution < 1.29 is 37.4 Å². The minimum absolute atomic E-state index is 0.119.